The third kappa shape index (κ3) is 2.67. The van der Waals surface area contributed by atoms with Crippen molar-refractivity contribution in [1.82, 2.24) is 14.9 Å². The quantitative estimate of drug-likeness (QED) is 0.898. The van der Waals surface area contributed by atoms with Gasteiger partial charge in [-0.25, -0.2) is 9.78 Å². The molecule has 0 bridgehead atoms. The molecule has 0 atom stereocenters. The molecule has 1 aromatic heterocycles. The second kappa shape index (κ2) is 5.00. The fraction of sp³-hybridized carbons (Fsp3) is 0.667. The van der Waals surface area contributed by atoms with Crippen molar-refractivity contribution in [2.75, 3.05) is 12.3 Å². The SMILES string of the molecule is CC(C)(C)OC(=O)N1CC[C@]12C[C@@H](Oc1ncncc1N)C2. The molecule has 2 N–H and O–H groups in total. The number of hydrogen-bond acceptors (Lipinski definition) is 6. The molecule has 1 aliphatic carbocycles. The van der Waals surface area contributed by atoms with E-state index in [0.29, 0.717) is 11.6 Å². The molecular weight excluding hydrogens is 284 g/mol. The Labute approximate surface area is 129 Å². The van der Waals surface area contributed by atoms with Crippen molar-refractivity contribution in [2.24, 2.45) is 0 Å². The van der Waals surface area contributed by atoms with Crippen LogP contribution < -0.4 is 10.5 Å². The molecule has 0 radical (unpaired) electrons. The Bertz CT molecular complexity index is 578. The Hall–Kier alpha value is -2.05. The number of nitrogens with zero attached hydrogens (tertiary/aromatic N) is 3. The van der Waals surface area contributed by atoms with Gasteiger partial charge >= 0.3 is 6.09 Å². The average molecular weight is 306 g/mol. The van der Waals surface area contributed by atoms with Gasteiger partial charge < -0.3 is 20.1 Å². The summed E-state index contributed by atoms with van der Waals surface area (Å²) >= 11 is 0. The highest BCUT2D eigenvalue weighted by atomic mass is 16.6. The van der Waals surface area contributed by atoms with Crippen LogP contribution in [0.15, 0.2) is 12.5 Å². The minimum absolute atomic E-state index is 0.0300. The molecule has 22 heavy (non-hydrogen) atoms. The van der Waals surface area contributed by atoms with Crippen molar-refractivity contribution in [3.05, 3.63) is 12.5 Å². The van der Waals surface area contributed by atoms with E-state index in [1.54, 1.807) is 0 Å². The fourth-order valence-electron chi connectivity index (χ4n) is 3.02. The van der Waals surface area contributed by atoms with E-state index in [1.807, 2.05) is 25.7 Å². The van der Waals surface area contributed by atoms with Gasteiger partial charge in [0.05, 0.1) is 11.7 Å². The predicted molar refractivity (Wildman–Crippen MR) is 80.4 cm³/mol. The number of aromatic nitrogens is 2. The van der Waals surface area contributed by atoms with Crippen LogP contribution in [0.3, 0.4) is 0 Å². The second-order valence-corrected chi connectivity index (χ2v) is 7.04. The van der Waals surface area contributed by atoms with Crippen LogP contribution >= 0.6 is 0 Å². The zero-order valence-corrected chi connectivity index (χ0v) is 13.2. The Balaban J connectivity index is 1.56. The minimum atomic E-state index is -0.469. The first-order valence-corrected chi connectivity index (χ1v) is 7.52. The summed E-state index contributed by atoms with van der Waals surface area (Å²) in [6.45, 7) is 6.38. The van der Waals surface area contributed by atoms with E-state index in [1.165, 1.54) is 12.5 Å². The number of likely N-dealkylation sites (tertiary alicyclic amines) is 1. The lowest BCUT2D eigenvalue weighted by atomic mass is 9.66. The first-order valence-electron chi connectivity index (χ1n) is 7.52. The molecule has 2 aliphatic rings. The van der Waals surface area contributed by atoms with Crippen LogP contribution in [0.1, 0.15) is 40.0 Å². The molecule has 1 aliphatic heterocycles. The average Bonchev–Trinajstić information content (AvgIpc) is 2.31. The number of carbonyl (C=O) groups excluding carboxylic acids is 1. The lowest BCUT2D eigenvalue weighted by Gasteiger charge is -2.60. The maximum Gasteiger partial charge on any atom is 0.410 e. The van der Waals surface area contributed by atoms with E-state index in [0.717, 1.165) is 25.8 Å². The molecule has 7 nitrogen and oxygen atoms in total. The monoisotopic (exact) mass is 306 g/mol. The van der Waals surface area contributed by atoms with Gasteiger partial charge in [0, 0.05) is 19.4 Å². The lowest BCUT2D eigenvalue weighted by molar-refractivity contribution is -0.122. The number of carbonyl (C=O) groups is 1. The highest BCUT2D eigenvalue weighted by molar-refractivity contribution is 5.71. The van der Waals surface area contributed by atoms with Crippen LogP contribution in [-0.2, 0) is 4.74 Å². The molecule has 120 valence electrons. The smallest absolute Gasteiger partial charge is 0.410 e. The summed E-state index contributed by atoms with van der Waals surface area (Å²) in [6, 6.07) is 0. The number of rotatable bonds is 2. The number of ether oxygens (including phenoxy) is 2. The van der Waals surface area contributed by atoms with Gasteiger partial charge in [-0.15, -0.1) is 0 Å². The van der Waals surface area contributed by atoms with Gasteiger partial charge in [-0.3, -0.25) is 0 Å². The van der Waals surface area contributed by atoms with Crippen molar-refractivity contribution in [3.63, 3.8) is 0 Å². The molecule has 0 unspecified atom stereocenters. The van der Waals surface area contributed by atoms with Gasteiger partial charge in [-0.2, -0.15) is 4.98 Å². The summed E-state index contributed by atoms with van der Waals surface area (Å²) in [7, 11) is 0. The minimum Gasteiger partial charge on any atom is -0.473 e. The van der Waals surface area contributed by atoms with Gasteiger partial charge in [0.1, 0.15) is 23.7 Å². The number of nitrogens with two attached hydrogens (primary N) is 1. The van der Waals surface area contributed by atoms with Crippen LogP contribution in [-0.4, -0.2) is 44.7 Å². The fourth-order valence-corrected chi connectivity index (χ4v) is 3.02. The number of nitrogen functional groups attached to an aromatic ring is 1. The second-order valence-electron chi connectivity index (χ2n) is 7.04. The number of anilines is 1. The first-order chi connectivity index (χ1) is 10.3. The molecular formula is C15H22N4O3. The summed E-state index contributed by atoms with van der Waals surface area (Å²) in [6.07, 6.45) is 5.29. The van der Waals surface area contributed by atoms with Crippen molar-refractivity contribution < 1.29 is 14.3 Å². The van der Waals surface area contributed by atoms with E-state index in [9.17, 15) is 4.79 Å². The van der Waals surface area contributed by atoms with Crippen molar-refractivity contribution in [1.29, 1.82) is 0 Å². The van der Waals surface area contributed by atoms with Gasteiger partial charge in [-0.05, 0) is 27.2 Å². The zero-order valence-electron chi connectivity index (χ0n) is 13.2. The number of hydrogen-bond donors (Lipinski definition) is 1. The summed E-state index contributed by atoms with van der Waals surface area (Å²) in [5, 5.41) is 0. The van der Waals surface area contributed by atoms with Gasteiger partial charge in [0.2, 0.25) is 5.88 Å². The summed E-state index contributed by atoms with van der Waals surface area (Å²) in [4.78, 5) is 21.9. The molecule has 0 aromatic carbocycles. The molecule has 1 saturated heterocycles. The Morgan fingerprint density at radius 3 is 2.73 bits per heavy atom. The Kier molecular flexibility index (Phi) is 3.38. The molecule has 1 aromatic rings. The Morgan fingerprint density at radius 1 is 1.45 bits per heavy atom. The van der Waals surface area contributed by atoms with Crippen molar-refractivity contribution >= 4 is 11.8 Å². The van der Waals surface area contributed by atoms with Gasteiger partial charge in [0.25, 0.3) is 0 Å². The number of amides is 1. The first kappa shape index (κ1) is 14.9. The van der Waals surface area contributed by atoms with E-state index in [-0.39, 0.29) is 17.7 Å². The third-order valence-electron chi connectivity index (χ3n) is 4.18. The summed E-state index contributed by atoms with van der Waals surface area (Å²) in [5.74, 6) is 0.415. The Morgan fingerprint density at radius 2 is 2.18 bits per heavy atom. The molecule has 3 rings (SSSR count). The van der Waals surface area contributed by atoms with Gasteiger partial charge in [-0.1, -0.05) is 0 Å². The van der Waals surface area contributed by atoms with Crippen LogP contribution in [0.2, 0.25) is 0 Å². The maximum absolute atomic E-state index is 12.2. The maximum atomic E-state index is 12.2. The van der Waals surface area contributed by atoms with E-state index < -0.39 is 5.60 Å². The summed E-state index contributed by atoms with van der Waals surface area (Å²) < 4.78 is 11.2. The van der Waals surface area contributed by atoms with Crippen LogP contribution in [0, 0.1) is 0 Å². The van der Waals surface area contributed by atoms with Crippen LogP contribution in [0.4, 0.5) is 10.5 Å². The highest BCUT2D eigenvalue weighted by Crippen LogP contribution is 2.49. The van der Waals surface area contributed by atoms with E-state index in [4.69, 9.17) is 15.2 Å². The van der Waals surface area contributed by atoms with Crippen LogP contribution in [0.5, 0.6) is 5.88 Å². The molecule has 2 heterocycles. The highest BCUT2D eigenvalue weighted by Gasteiger charge is 2.58. The van der Waals surface area contributed by atoms with Crippen molar-refractivity contribution in [2.45, 2.75) is 57.3 Å². The molecule has 1 spiro atoms. The summed E-state index contributed by atoms with van der Waals surface area (Å²) in [5.41, 5.74) is 5.63. The van der Waals surface area contributed by atoms with E-state index >= 15 is 0 Å². The van der Waals surface area contributed by atoms with Crippen molar-refractivity contribution in [3.8, 4) is 5.88 Å². The zero-order chi connectivity index (χ0) is 16.0. The predicted octanol–water partition coefficient (Wildman–Crippen LogP) is 1.98. The largest absolute Gasteiger partial charge is 0.473 e. The molecule has 1 saturated carbocycles. The molecule has 7 heteroatoms. The standard InChI is InChI=1S/C15H22N4O3/c1-14(2,3)22-13(20)19-5-4-15(19)6-10(7-15)21-12-11(16)8-17-9-18-12/h8-10H,4-7,16H2,1-3H3/t10-,15-. The third-order valence-corrected chi connectivity index (χ3v) is 4.18. The molecule has 1 amide bonds. The lowest BCUT2D eigenvalue weighted by Crippen LogP contribution is -2.70. The van der Waals surface area contributed by atoms with Crippen LogP contribution in [0.25, 0.3) is 0 Å². The topological polar surface area (TPSA) is 90.6 Å². The van der Waals surface area contributed by atoms with E-state index in [2.05, 4.69) is 9.97 Å². The van der Waals surface area contributed by atoms with Gasteiger partial charge in [0.15, 0.2) is 0 Å². The normalized spacial score (nSPS) is 27.0. The molecule has 2 fully saturated rings.